The molecule has 0 rings (SSSR count). The van der Waals surface area contributed by atoms with Gasteiger partial charge in [0.2, 0.25) is 5.91 Å². The molecule has 0 fully saturated rings. The molecule has 0 aliphatic heterocycles. The first-order valence-corrected chi connectivity index (χ1v) is 6.02. The van der Waals surface area contributed by atoms with Gasteiger partial charge >= 0.3 is 5.97 Å². The van der Waals surface area contributed by atoms with Gasteiger partial charge < -0.3 is 9.64 Å². The van der Waals surface area contributed by atoms with Gasteiger partial charge in [0.1, 0.15) is 6.54 Å². The van der Waals surface area contributed by atoms with Crippen LogP contribution in [0.1, 0.15) is 27.2 Å². The molecule has 0 spiro atoms. The van der Waals surface area contributed by atoms with E-state index in [1.54, 1.807) is 13.8 Å². The number of amides is 1. The summed E-state index contributed by atoms with van der Waals surface area (Å²) in [6.45, 7) is 6.42. The first kappa shape index (κ1) is 14.4. The molecule has 4 nitrogen and oxygen atoms in total. The first-order valence-electron chi connectivity index (χ1n) is 5.11. The van der Waals surface area contributed by atoms with Crippen LogP contribution in [-0.4, -0.2) is 41.3 Å². The lowest BCUT2D eigenvalue weighted by Crippen LogP contribution is -2.40. The average molecular weight is 280 g/mol. The predicted molar refractivity (Wildman–Crippen MR) is 61.9 cm³/mol. The molecular weight excluding hydrogens is 262 g/mol. The van der Waals surface area contributed by atoms with Crippen molar-refractivity contribution >= 4 is 27.8 Å². The monoisotopic (exact) mass is 279 g/mol. The summed E-state index contributed by atoms with van der Waals surface area (Å²) in [5, 5.41) is 0. The van der Waals surface area contributed by atoms with Crippen molar-refractivity contribution in [3.05, 3.63) is 0 Å². The molecule has 0 bridgehead atoms. The summed E-state index contributed by atoms with van der Waals surface area (Å²) in [5.74, 6) is -0.433. The van der Waals surface area contributed by atoms with Crippen LogP contribution in [0.4, 0.5) is 0 Å². The van der Waals surface area contributed by atoms with Gasteiger partial charge in [-0.3, -0.25) is 9.59 Å². The van der Waals surface area contributed by atoms with Crippen LogP contribution in [0.3, 0.4) is 0 Å². The Balaban J connectivity index is 4.26. The molecule has 1 unspecified atom stereocenters. The van der Waals surface area contributed by atoms with E-state index in [1.807, 2.05) is 6.92 Å². The highest BCUT2D eigenvalue weighted by Gasteiger charge is 2.20. The Labute approximate surface area is 99.1 Å². The zero-order valence-corrected chi connectivity index (χ0v) is 11.0. The third-order valence-corrected chi connectivity index (χ3v) is 2.16. The summed E-state index contributed by atoms with van der Waals surface area (Å²) < 4.78 is 4.80. The van der Waals surface area contributed by atoms with Crippen LogP contribution >= 0.6 is 15.9 Å². The Morgan fingerprint density at radius 3 is 2.40 bits per heavy atom. The van der Waals surface area contributed by atoms with Crippen LogP contribution in [0.15, 0.2) is 0 Å². The summed E-state index contributed by atoms with van der Waals surface area (Å²) in [4.78, 5) is 24.1. The maximum atomic E-state index is 11.6. The molecule has 1 atom stereocenters. The molecule has 0 heterocycles. The molecule has 88 valence electrons. The maximum Gasteiger partial charge on any atom is 0.325 e. The Morgan fingerprint density at radius 1 is 1.40 bits per heavy atom. The molecule has 15 heavy (non-hydrogen) atoms. The van der Waals surface area contributed by atoms with E-state index in [-0.39, 0.29) is 23.2 Å². The normalized spacial score (nSPS) is 12.0. The molecule has 0 N–H and O–H groups in total. The second kappa shape index (κ2) is 7.68. The van der Waals surface area contributed by atoms with Crippen LogP contribution in [0, 0.1) is 0 Å². The number of carbonyl (C=O) groups excluding carboxylic acids is 2. The van der Waals surface area contributed by atoms with Gasteiger partial charge in [-0.25, -0.2) is 0 Å². The quantitative estimate of drug-likeness (QED) is 0.548. The Hall–Kier alpha value is -0.580. The summed E-state index contributed by atoms with van der Waals surface area (Å²) in [6.07, 6.45) is 0.824. The highest BCUT2D eigenvalue weighted by molar-refractivity contribution is 9.10. The number of halogens is 1. The summed E-state index contributed by atoms with van der Waals surface area (Å²) in [6, 6.07) is 0. The van der Waals surface area contributed by atoms with Crippen LogP contribution in [-0.2, 0) is 14.3 Å². The highest BCUT2D eigenvalue weighted by Crippen LogP contribution is 2.05. The molecule has 0 saturated carbocycles. The molecule has 0 aliphatic rings. The van der Waals surface area contributed by atoms with Crippen molar-refractivity contribution in [2.75, 3.05) is 19.7 Å². The summed E-state index contributed by atoms with van der Waals surface area (Å²) >= 11 is 3.20. The highest BCUT2D eigenvalue weighted by atomic mass is 79.9. The number of nitrogens with zero attached hydrogens (tertiary/aromatic N) is 1. The molecule has 0 saturated heterocycles. The lowest BCUT2D eigenvalue weighted by atomic mass is 10.3. The zero-order valence-electron chi connectivity index (χ0n) is 9.46. The van der Waals surface area contributed by atoms with Gasteiger partial charge in [0.15, 0.2) is 0 Å². The van der Waals surface area contributed by atoms with Gasteiger partial charge in [0.05, 0.1) is 11.4 Å². The number of carbonyl (C=O) groups is 2. The van der Waals surface area contributed by atoms with E-state index in [2.05, 4.69) is 15.9 Å². The van der Waals surface area contributed by atoms with E-state index in [0.29, 0.717) is 13.2 Å². The fourth-order valence-electron chi connectivity index (χ4n) is 1.15. The van der Waals surface area contributed by atoms with E-state index in [4.69, 9.17) is 4.74 Å². The van der Waals surface area contributed by atoms with Crippen LogP contribution in [0.25, 0.3) is 0 Å². The van der Waals surface area contributed by atoms with E-state index in [9.17, 15) is 9.59 Å². The van der Waals surface area contributed by atoms with Gasteiger partial charge in [0.25, 0.3) is 0 Å². The lowest BCUT2D eigenvalue weighted by Gasteiger charge is -2.22. The molecule has 5 heteroatoms. The fourth-order valence-corrected chi connectivity index (χ4v) is 1.44. The van der Waals surface area contributed by atoms with E-state index >= 15 is 0 Å². The third-order valence-electron chi connectivity index (χ3n) is 1.77. The summed E-state index contributed by atoms with van der Waals surface area (Å²) in [7, 11) is 0. The van der Waals surface area contributed by atoms with Crippen LogP contribution in [0.2, 0.25) is 0 Å². The first-order chi connectivity index (χ1) is 7.02. The molecule has 0 aromatic carbocycles. The molecule has 0 aromatic heterocycles. The number of hydrogen-bond donors (Lipinski definition) is 0. The standard InChI is InChI=1S/C10H18BrNO3/c1-4-6-12(10(14)8(3)11)7-9(13)15-5-2/h8H,4-7H2,1-3H3. The third kappa shape index (κ3) is 5.77. The SMILES string of the molecule is CCCN(CC(=O)OCC)C(=O)C(C)Br. The maximum absolute atomic E-state index is 11.6. The van der Waals surface area contributed by atoms with Crippen molar-refractivity contribution in [3.8, 4) is 0 Å². The number of ether oxygens (including phenoxy) is 1. The zero-order chi connectivity index (χ0) is 11.8. The smallest absolute Gasteiger partial charge is 0.325 e. The average Bonchev–Trinajstić information content (AvgIpc) is 2.16. The number of hydrogen-bond acceptors (Lipinski definition) is 3. The van der Waals surface area contributed by atoms with Crippen molar-refractivity contribution in [1.82, 2.24) is 4.90 Å². The number of rotatable bonds is 6. The Kier molecular flexibility index (Phi) is 7.38. The largest absolute Gasteiger partial charge is 0.465 e. The van der Waals surface area contributed by atoms with Crippen molar-refractivity contribution < 1.29 is 14.3 Å². The molecule has 0 aromatic rings. The minimum Gasteiger partial charge on any atom is -0.465 e. The molecule has 0 radical (unpaired) electrons. The van der Waals surface area contributed by atoms with Crippen molar-refractivity contribution in [3.63, 3.8) is 0 Å². The molecule has 1 amide bonds. The molecule has 0 aliphatic carbocycles. The van der Waals surface area contributed by atoms with Gasteiger partial charge in [-0.1, -0.05) is 22.9 Å². The topological polar surface area (TPSA) is 46.6 Å². The van der Waals surface area contributed by atoms with Crippen molar-refractivity contribution in [2.45, 2.75) is 32.0 Å². The Bertz CT molecular complexity index is 219. The van der Waals surface area contributed by atoms with Crippen LogP contribution < -0.4 is 0 Å². The van der Waals surface area contributed by atoms with Gasteiger partial charge in [-0.05, 0) is 20.3 Å². The predicted octanol–water partition coefficient (Wildman–Crippen LogP) is 1.57. The van der Waals surface area contributed by atoms with E-state index < -0.39 is 0 Å². The van der Waals surface area contributed by atoms with Gasteiger partial charge in [-0.15, -0.1) is 0 Å². The lowest BCUT2D eigenvalue weighted by molar-refractivity contribution is -0.148. The van der Waals surface area contributed by atoms with E-state index in [0.717, 1.165) is 6.42 Å². The second-order valence-corrected chi connectivity index (χ2v) is 4.55. The van der Waals surface area contributed by atoms with Crippen molar-refractivity contribution in [2.24, 2.45) is 0 Å². The second-order valence-electron chi connectivity index (χ2n) is 3.18. The number of esters is 1. The summed E-state index contributed by atoms with van der Waals surface area (Å²) in [5.41, 5.74) is 0. The number of alkyl halides is 1. The molecular formula is C10H18BrNO3. The van der Waals surface area contributed by atoms with Crippen molar-refractivity contribution in [1.29, 1.82) is 0 Å². The van der Waals surface area contributed by atoms with E-state index in [1.165, 1.54) is 4.90 Å². The fraction of sp³-hybridized carbons (Fsp3) is 0.800. The van der Waals surface area contributed by atoms with Gasteiger partial charge in [0, 0.05) is 6.54 Å². The van der Waals surface area contributed by atoms with Gasteiger partial charge in [-0.2, -0.15) is 0 Å². The van der Waals surface area contributed by atoms with Crippen LogP contribution in [0.5, 0.6) is 0 Å². The minimum atomic E-state index is -0.354. The minimum absolute atomic E-state index is 0.0381. The Morgan fingerprint density at radius 2 is 2.00 bits per heavy atom.